The summed E-state index contributed by atoms with van der Waals surface area (Å²) in [5.74, 6) is 5.93. The van der Waals surface area contributed by atoms with Crippen molar-refractivity contribution in [1.82, 2.24) is 5.43 Å². The molecule has 0 heterocycles. The maximum atomic E-state index is 13.3. The van der Waals surface area contributed by atoms with Gasteiger partial charge in [0.2, 0.25) is 0 Å². The van der Waals surface area contributed by atoms with Gasteiger partial charge in [-0.25, -0.2) is 4.39 Å². The second kappa shape index (κ2) is 7.75. The van der Waals surface area contributed by atoms with Gasteiger partial charge in [0.25, 0.3) is 0 Å². The predicted octanol–water partition coefficient (Wildman–Crippen LogP) is 3.70. The molecule has 2 rings (SSSR count). The number of rotatable bonds is 6. The van der Waals surface area contributed by atoms with Crippen LogP contribution in [0.15, 0.2) is 46.9 Å². The minimum absolute atomic E-state index is 0.151. The van der Waals surface area contributed by atoms with Crippen LogP contribution in [-0.4, -0.2) is 12.6 Å². The maximum Gasteiger partial charge on any atom is 0.123 e. The molecule has 1 atom stereocenters. The summed E-state index contributed by atoms with van der Waals surface area (Å²) in [4.78, 5) is 0. The standard InChI is InChI=1S/C15H15BrClFN2O/c16-15-5-4-12(18)6-10(15)7-13(20-19)9-21-14-3-1-2-11(17)8-14/h1-6,8,13,20H,7,9,19H2. The Morgan fingerprint density at radius 2 is 2.10 bits per heavy atom. The van der Waals surface area contributed by atoms with Crippen LogP contribution in [0.1, 0.15) is 5.56 Å². The van der Waals surface area contributed by atoms with Crippen molar-refractivity contribution in [3.63, 3.8) is 0 Å². The first-order valence-electron chi connectivity index (χ1n) is 6.37. The van der Waals surface area contributed by atoms with Crippen LogP contribution in [0.5, 0.6) is 5.75 Å². The highest BCUT2D eigenvalue weighted by Crippen LogP contribution is 2.20. The zero-order valence-corrected chi connectivity index (χ0v) is 13.5. The first kappa shape index (κ1) is 16.2. The van der Waals surface area contributed by atoms with E-state index in [-0.39, 0.29) is 11.9 Å². The first-order valence-corrected chi connectivity index (χ1v) is 7.54. The van der Waals surface area contributed by atoms with Crippen LogP contribution < -0.4 is 16.0 Å². The highest BCUT2D eigenvalue weighted by molar-refractivity contribution is 9.10. The lowest BCUT2D eigenvalue weighted by Crippen LogP contribution is -2.41. The lowest BCUT2D eigenvalue weighted by Gasteiger charge is -2.17. The third-order valence-electron chi connectivity index (χ3n) is 2.96. The van der Waals surface area contributed by atoms with E-state index in [4.69, 9.17) is 22.2 Å². The van der Waals surface area contributed by atoms with E-state index >= 15 is 0 Å². The van der Waals surface area contributed by atoms with Crippen LogP contribution in [0.2, 0.25) is 5.02 Å². The summed E-state index contributed by atoms with van der Waals surface area (Å²) in [6.45, 7) is 0.347. The quantitative estimate of drug-likeness (QED) is 0.599. The molecular formula is C15H15BrClFN2O. The Morgan fingerprint density at radius 1 is 1.29 bits per heavy atom. The summed E-state index contributed by atoms with van der Waals surface area (Å²) in [5, 5.41) is 0.609. The van der Waals surface area contributed by atoms with E-state index in [0.29, 0.717) is 23.8 Å². The van der Waals surface area contributed by atoms with E-state index in [1.807, 2.05) is 12.1 Å². The Bertz CT molecular complexity index is 612. The predicted molar refractivity (Wildman–Crippen MR) is 85.9 cm³/mol. The Morgan fingerprint density at radius 3 is 2.81 bits per heavy atom. The van der Waals surface area contributed by atoms with Crippen LogP contribution in [0.3, 0.4) is 0 Å². The van der Waals surface area contributed by atoms with Gasteiger partial charge in [-0.15, -0.1) is 0 Å². The van der Waals surface area contributed by atoms with E-state index in [0.717, 1.165) is 10.0 Å². The van der Waals surface area contributed by atoms with E-state index in [1.165, 1.54) is 12.1 Å². The van der Waals surface area contributed by atoms with Crippen LogP contribution in [0.4, 0.5) is 4.39 Å². The van der Waals surface area contributed by atoms with Gasteiger partial charge in [0, 0.05) is 9.50 Å². The third-order valence-corrected chi connectivity index (χ3v) is 3.97. The zero-order valence-electron chi connectivity index (χ0n) is 11.2. The largest absolute Gasteiger partial charge is 0.492 e. The summed E-state index contributed by atoms with van der Waals surface area (Å²) in [6.07, 6.45) is 0.537. The van der Waals surface area contributed by atoms with Crippen molar-refractivity contribution >= 4 is 27.5 Å². The van der Waals surface area contributed by atoms with Gasteiger partial charge in [0.15, 0.2) is 0 Å². The van der Waals surface area contributed by atoms with E-state index < -0.39 is 0 Å². The molecule has 2 aromatic carbocycles. The molecule has 0 aliphatic rings. The van der Waals surface area contributed by atoms with Crippen molar-refractivity contribution in [2.24, 2.45) is 5.84 Å². The number of ether oxygens (including phenoxy) is 1. The summed E-state index contributed by atoms with van der Waals surface area (Å²) in [7, 11) is 0. The Kier molecular flexibility index (Phi) is 5.99. The monoisotopic (exact) mass is 372 g/mol. The van der Waals surface area contributed by atoms with Crippen molar-refractivity contribution in [3.8, 4) is 5.75 Å². The fourth-order valence-corrected chi connectivity index (χ4v) is 2.47. The molecular weight excluding hydrogens is 359 g/mol. The van der Waals surface area contributed by atoms with E-state index in [2.05, 4.69) is 21.4 Å². The van der Waals surface area contributed by atoms with Gasteiger partial charge in [-0.05, 0) is 48.4 Å². The summed E-state index contributed by atoms with van der Waals surface area (Å²) in [5.41, 5.74) is 3.51. The van der Waals surface area contributed by atoms with E-state index in [9.17, 15) is 4.39 Å². The molecule has 6 heteroatoms. The number of nitrogens with two attached hydrogens (primary N) is 1. The van der Waals surface area contributed by atoms with Gasteiger partial charge < -0.3 is 4.74 Å². The molecule has 0 saturated carbocycles. The molecule has 0 spiro atoms. The second-order valence-corrected chi connectivity index (χ2v) is 5.86. The highest BCUT2D eigenvalue weighted by atomic mass is 79.9. The molecule has 0 aliphatic heterocycles. The molecule has 0 aromatic heterocycles. The van der Waals surface area contributed by atoms with Gasteiger partial charge in [0.1, 0.15) is 18.2 Å². The zero-order chi connectivity index (χ0) is 15.2. The molecule has 0 saturated heterocycles. The van der Waals surface area contributed by atoms with Crippen molar-refractivity contribution in [3.05, 3.63) is 63.3 Å². The summed E-state index contributed by atoms with van der Waals surface area (Å²) < 4.78 is 19.8. The van der Waals surface area contributed by atoms with Crippen LogP contribution >= 0.6 is 27.5 Å². The Hall–Kier alpha value is -1.14. The topological polar surface area (TPSA) is 47.3 Å². The minimum atomic E-state index is -0.278. The molecule has 3 nitrogen and oxygen atoms in total. The fraction of sp³-hybridized carbons (Fsp3) is 0.200. The average Bonchev–Trinajstić information content (AvgIpc) is 2.47. The van der Waals surface area contributed by atoms with Crippen molar-refractivity contribution in [1.29, 1.82) is 0 Å². The smallest absolute Gasteiger partial charge is 0.123 e. The molecule has 0 fully saturated rings. The molecule has 112 valence electrons. The molecule has 1 unspecified atom stereocenters. The van der Waals surface area contributed by atoms with E-state index in [1.54, 1.807) is 18.2 Å². The lowest BCUT2D eigenvalue weighted by molar-refractivity contribution is 0.264. The Labute approximate surface area is 136 Å². The average molecular weight is 374 g/mol. The first-order chi connectivity index (χ1) is 10.1. The van der Waals surface area contributed by atoms with Gasteiger partial charge in [-0.3, -0.25) is 11.3 Å². The van der Waals surface area contributed by atoms with Gasteiger partial charge in [-0.2, -0.15) is 0 Å². The number of benzene rings is 2. The molecule has 0 amide bonds. The van der Waals surface area contributed by atoms with Crippen LogP contribution in [-0.2, 0) is 6.42 Å². The van der Waals surface area contributed by atoms with Gasteiger partial charge >= 0.3 is 0 Å². The summed E-state index contributed by atoms with van der Waals surface area (Å²) >= 11 is 9.29. The fourth-order valence-electron chi connectivity index (χ4n) is 1.88. The van der Waals surface area contributed by atoms with Crippen molar-refractivity contribution < 1.29 is 9.13 Å². The van der Waals surface area contributed by atoms with Gasteiger partial charge in [-0.1, -0.05) is 33.6 Å². The normalized spacial score (nSPS) is 12.2. The maximum absolute atomic E-state index is 13.3. The highest BCUT2D eigenvalue weighted by Gasteiger charge is 2.12. The van der Waals surface area contributed by atoms with Crippen LogP contribution in [0, 0.1) is 5.82 Å². The number of halogens is 3. The minimum Gasteiger partial charge on any atom is -0.492 e. The second-order valence-electron chi connectivity index (χ2n) is 4.57. The third kappa shape index (κ3) is 4.97. The lowest BCUT2D eigenvalue weighted by atomic mass is 10.1. The summed E-state index contributed by atoms with van der Waals surface area (Å²) in [6, 6.07) is 11.5. The number of hydrogen-bond donors (Lipinski definition) is 2. The number of hydrazine groups is 1. The SMILES string of the molecule is NNC(COc1cccc(Cl)c1)Cc1cc(F)ccc1Br. The van der Waals surface area contributed by atoms with Crippen molar-refractivity contribution in [2.45, 2.75) is 12.5 Å². The molecule has 0 aliphatic carbocycles. The molecule has 2 aromatic rings. The molecule has 3 N–H and O–H groups in total. The molecule has 0 radical (unpaired) electrons. The molecule has 0 bridgehead atoms. The Balaban J connectivity index is 1.98. The van der Waals surface area contributed by atoms with Crippen molar-refractivity contribution in [2.75, 3.05) is 6.61 Å². The molecule has 21 heavy (non-hydrogen) atoms. The van der Waals surface area contributed by atoms with Crippen LogP contribution in [0.25, 0.3) is 0 Å². The number of nitrogens with one attached hydrogen (secondary N) is 1. The van der Waals surface area contributed by atoms with Gasteiger partial charge in [0.05, 0.1) is 6.04 Å². The number of hydrogen-bond acceptors (Lipinski definition) is 3.